The molecule has 7 nitrogen and oxygen atoms in total. The Bertz CT molecular complexity index is 398. The van der Waals surface area contributed by atoms with Gasteiger partial charge in [0.1, 0.15) is 11.4 Å². The average molecular weight is 255 g/mol. The third-order valence-corrected chi connectivity index (χ3v) is 2.27. The van der Waals surface area contributed by atoms with E-state index in [0.29, 0.717) is 31.9 Å². The van der Waals surface area contributed by atoms with Crippen LogP contribution in [0.5, 0.6) is 0 Å². The number of benzene rings is 1. The zero-order valence-electron chi connectivity index (χ0n) is 9.96. The molecular formula is C11H17N3O4. The Morgan fingerprint density at radius 2 is 2.22 bits per heavy atom. The zero-order chi connectivity index (χ0) is 13.4. The molecule has 0 saturated heterocycles. The number of para-hydroxylation sites is 1. The van der Waals surface area contributed by atoms with Gasteiger partial charge in [-0.25, -0.2) is 0 Å². The highest BCUT2D eigenvalue weighted by molar-refractivity contribution is 5.74. The summed E-state index contributed by atoms with van der Waals surface area (Å²) >= 11 is 0. The second-order valence-corrected chi connectivity index (χ2v) is 3.62. The van der Waals surface area contributed by atoms with Gasteiger partial charge in [0.05, 0.1) is 18.1 Å². The standard InChI is InChI=1S/C11H17N3O4/c12-9-3-1-4-10(11(9)14(16)17)13-5-2-7-18-8-6-15/h1,3-4,13,15H,2,5-8,12H2. The van der Waals surface area contributed by atoms with E-state index in [4.69, 9.17) is 15.6 Å². The molecule has 18 heavy (non-hydrogen) atoms. The first-order chi connectivity index (χ1) is 8.66. The molecule has 4 N–H and O–H groups in total. The van der Waals surface area contributed by atoms with Crippen molar-refractivity contribution in [3.05, 3.63) is 28.3 Å². The largest absolute Gasteiger partial charge is 0.394 e. The molecule has 0 aliphatic rings. The molecule has 0 aliphatic carbocycles. The van der Waals surface area contributed by atoms with E-state index in [1.54, 1.807) is 12.1 Å². The van der Waals surface area contributed by atoms with Crippen molar-refractivity contribution in [2.24, 2.45) is 0 Å². The molecule has 0 saturated carbocycles. The molecule has 0 aromatic heterocycles. The van der Waals surface area contributed by atoms with Gasteiger partial charge in [-0.05, 0) is 18.6 Å². The minimum absolute atomic E-state index is 0.00583. The van der Waals surface area contributed by atoms with Gasteiger partial charge in [-0.15, -0.1) is 0 Å². The number of nitrogens with two attached hydrogens (primary N) is 1. The highest BCUT2D eigenvalue weighted by Gasteiger charge is 2.16. The fraction of sp³-hybridized carbons (Fsp3) is 0.455. The number of aliphatic hydroxyl groups is 1. The number of anilines is 2. The molecule has 0 aliphatic heterocycles. The van der Waals surface area contributed by atoms with Crippen molar-refractivity contribution < 1.29 is 14.8 Å². The van der Waals surface area contributed by atoms with Crippen molar-refractivity contribution in [3.8, 4) is 0 Å². The topological polar surface area (TPSA) is 111 Å². The molecule has 0 radical (unpaired) electrons. The Labute approximate surface area is 105 Å². The predicted octanol–water partition coefficient (Wildman–Crippen LogP) is 0.988. The van der Waals surface area contributed by atoms with Crippen LogP contribution in [-0.2, 0) is 4.74 Å². The van der Waals surface area contributed by atoms with E-state index in [0.717, 1.165) is 0 Å². The summed E-state index contributed by atoms with van der Waals surface area (Å²) in [6.45, 7) is 1.33. The fourth-order valence-electron chi connectivity index (χ4n) is 1.47. The maximum atomic E-state index is 10.8. The molecule has 1 aromatic carbocycles. The number of rotatable bonds is 8. The molecule has 0 atom stereocenters. The van der Waals surface area contributed by atoms with Crippen LogP contribution in [0.1, 0.15) is 6.42 Å². The first-order valence-corrected chi connectivity index (χ1v) is 5.62. The number of nitro benzene ring substituents is 1. The van der Waals surface area contributed by atoms with E-state index in [-0.39, 0.29) is 18.0 Å². The number of nitrogens with one attached hydrogen (secondary N) is 1. The van der Waals surface area contributed by atoms with Crippen LogP contribution in [0.15, 0.2) is 18.2 Å². The number of nitrogen functional groups attached to an aromatic ring is 1. The van der Waals surface area contributed by atoms with Crippen molar-refractivity contribution in [2.45, 2.75) is 6.42 Å². The van der Waals surface area contributed by atoms with Crippen LogP contribution in [0.2, 0.25) is 0 Å². The Balaban J connectivity index is 2.47. The van der Waals surface area contributed by atoms with Gasteiger partial charge in [0.15, 0.2) is 0 Å². The number of nitrogens with zero attached hydrogens (tertiary/aromatic N) is 1. The first kappa shape index (κ1) is 14.2. The summed E-state index contributed by atoms with van der Waals surface area (Å²) in [6.07, 6.45) is 0.686. The molecule has 0 heterocycles. The third-order valence-electron chi connectivity index (χ3n) is 2.27. The van der Waals surface area contributed by atoms with Crippen LogP contribution in [0.4, 0.5) is 17.1 Å². The van der Waals surface area contributed by atoms with Crippen LogP contribution < -0.4 is 11.1 Å². The van der Waals surface area contributed by atoms with Gasteiger partial charge in [0.2, 0.25) is 0 Å². The molecule has 0 bridgehead atoms. The lowest BCUT2D eigenvalue weighted by molar-refractivity contribution is -0.383. The summed E-state index contributed by atoms with van der Waals surface area (Å²) in [7, 11) is 0. The SMILES string of the molecule is Nc1cccc(NCCCOCCO)c1[N+](=O)[O-]. The second-order valence-electron chi connectivity index (χ2n) is 3.62. The van der Waals surface area contributed by atoms with Gasteiger partial charge in [-0.2, -0.15) is 0 Å². The van der Waals surface area contributed by atoms with E-state index in [2.05, 4.69) is 5.32 Å². The van der Waals surface area contributed by atoms with Gasteiger partial charge in [-0.1, -0.05) is 6.07 Å². The zero-order valence-corrected chi connectivity index (χ0v) is 9.96. The normalized spacial score (nSPS) is 10.3. The molecule has 0 unspecified atom stereocenters. The van der Waals surface area contributed by atoms with Crippen molar-refractivity contribution in [3.63, 3.8) is 0 Å². The fourth-order valence-corrected chi connectivity index (χ4v) is 1.47. The number of nitro groups is 1. The molecule has 1 aromatic rings. The smallest absolute Gasteiger partial charge is 0.314 e. The van der Waals surface area contributed by atoms with E-state index in [1.165, 1.54) is 6.07 Å². The van der Waals surface area contributed by atoms with E-state index >= 15 is 0 Å². The van der Waals surface area contributed by atoms with Gasteiger partial charge >= 0.3 is 5.69 Å². The highest BCUT2D eigenvalue weighted by Crippen LogP contribution is 2.30. The molecule has 100 valence electrons. The molecule has 1 rings (SSSR count). The maximum Gasteiger partial charge on any atom is 0.314 e. The number of hydrogen-bond acceptors (Lipinski definition) is 6. The molecular weight excluding hydrogens is 238 g/mol. The Kier molecular flexibility index (Phi) is 5.89. The molecule has 0 amide bonds. The summed E-state index contributed by atoms with van der Waals surface area (Å²) in [5.74, 6) is 0. The van der Waals surface area contributed by atoms with Crippen molar-refractivity contribution in [2.75, 3.05) is 37.4 Å². The lowest BCUT2D eigenvalue weighted by atomic mass is 10.2. The van der Waals surface area contributed by atoms with Crippen molar-refractivity contribution in [1.82, 2.24) is 0 Å². The lowest BCUT2D eigenvalue weighted by Crippen LogP contribution is -2.09. The van der Waals surface area contributed by atoms with Crippen LogP contribution in [-0.4, -0.2) is 36.4 Å². The Hall–Kier alpha value is -1.86. The van der Waals surface area contributed by atoms with Gasteiger partial charge < -0.3 is 20.9 Å². The molecule has 7 heteroatoms. The highest BCUT2D eigenvalue weighted by atomic mass is 16.6. The van der Waals surface area contributed by atoms with Crippen LogP contribution >= 0.6 is 0 Å². The van der Waals surface area contributed by atoms with Gasteiger partial charge in [-0.3, -0.25) is 10.1 Å². The summed E-state index contributed by atoms with van der Waals surface area (Å²) < 4.78 is 5.07. The van der Waals surface area contributed by atoms with Crippen LogP contribution in [0.3, 0.4) is 0 Å². The molecule has 0 fully saturated rings. The minimum atomic E-state index is -0.500. The lowest BCUT2D eigenvalue weighted by Gasteiger charge is -2.08. The average Bonchev–Trinajstić information content (AvgIpc) is 2.33. The summed E-state index contributed by atoms with van der Waals surface area (Å²) in [6, 6.07) is 4.77. The second kappa shape index (κ2) is 7.46. The third kappa shape index (κ3) is 4.19. The predicted molar refractivity (Wildman–Crippen MR) is 68.5 cm³/mol. The van der Waals surface area contributed by atoms with Gasteiger partial charge in [0, 0.05) is 13.2 Å². The summed E-state index contributed by atoms with van der Waals surface area (Å²) in [5, 5.41) is 22.3. The van der Waals surface area contributed by atoms with E-state index in [9.17, 15) is 10.1 Å². The van der Waals surface area contributed by atoms with Crippen molar-refractivity contribution >= 4 is 17.1 Å². The summed E-state index contributed by atoms with van der Waals surface area (Å²) in [4.78, 5) is 10.3. The van der Waals surface area contributed by atoms with Crippen LogP contribution in [0.25, 0.3) is 0 Å². The number of aliphatic hydroxyl groups excluding tert-OH is 1. The van der Waals surface area contributed by atoms with Crippen LogP contribution in [0, 0.1) is 10.1 Å². The summed E-state index contributed by atoms with van der Waals surface area (Å²) in [5.41, 5.74) is 6.00. The maximum absolute atomic E-state index is 10.8. The Morgan fingerprint density at radius 1 is 1.44 bits per heavy atom. The minimum Gasteiger partial charge on any atom is -0.394 e. The van der Waals surface area contributed by atoms with E-state index < -0.39 is 4.92 Å². The monoisotopic (exact) mass is 255 g/mol. The molecule has 0 spiro atoms. The Morgan fingerprint density at radius 3 is 2.89 bits per heavy atom. The first-order valence-electron chi connectivity index (χ1n) is 5.62. The van der Waals surface area contributed by atoms with E-state index in [1.807, 2.05) is 0 Å². The number of hydrogen-bond donors (Lipinski definition) is 3. The van der Waals surface area contributed by atoms with Crippen molar-refractivity contribution in [1.29, 1.82) is 0 Å². The van der Waals surface area contributed by atoms with Gasteiger partial charge in [0.25, 0.3) is 0 Å². The quantitative estimate of drug-likeness (QED) is 0.276. The number of ether oxygens (including phenoxy) is 1.